The van der Waals surface area contributed by atoms with Gasteiger partial charge in [-0.05, 0) is 72.6 Å². The molecule has 4 unspecified atom stereocenters. The van der Waals surface area contributed by atoms with Gasteiger partial charge in [0.05, 0.1) is 7.11 Å². The molecule has 3 rings (SSSR count). The molecular weight excluding hydrogens is 350 g/mol. The predicted molar refractivity (Wildman–Crippen MR) is 111 cm³/mol. The molecule has 4 heteroatoms. The van der Waals surface area contributed by atoms with Crippen LogP contribution in [0.25, 0.3) is 0 Å². The van der Waals surface area contributed by atoms with Gasteiger partial charge >= 0.3 is 0 Å². The standard InChI is InChI=1S/C24H35NO3/c1-14-10-16(12-17(11-14)28-6)21(26)20-15(2)18(22(25)27)13-19-23(3,4)8-7-9-24(19,20)5/h10-12,15,18-20H,7-9,13H2,1-6H3,(H2,25,27)/t15-,18?,19?,20?,24?/m1/s1. The van der Waals surface area contributed by atoms with Crippen molar-refractivity contribution in [3.8, 4) is 5.75 Å². The molecule has 0 saturated heterocycles. The van der Waals surface area contributed by atoms with Crippen LogP contribution in [0.5, 0.6) is 5.75 Å². The van der Waals surface area contributed by atoms with Crippen LogP contribution in [0.15, 0.2) is 18.2 Å². The second kappa shape index (κ2) is 7.20. The average molecular weight is 386 g/mol. The average Bonchev–Trinajstić information content (AvgIpc) is 2.59. The maximum atomic E-state index is 13.9. The summed E-state index contributed by atoms with van der Waals surface area (Å²) in [4.78, 5) is 26.2. The lowest BCUT2D eigenvalue weighted by Gasteiger charge is -2.60. The first-order valence-corrected chi connectivity index (χ1v) is 10.5. The molecule has 1 aromatic carbocycles. The maximum absolute atomic E-state index is 13.9. The number of Topliss-reactive ketones (excluding diaryl/α,β-unsaturated/α-hetero) is 1. The summed E-state index contributed by atoms with van der Waals surface area (Å²) in [7, 11) is 1.62. The minimum atomic E-state index is -0.268. The normalized spacial score (nSPS) is 34.4. The van der Waals surface area contributed by atoms with Gasteiger partial charge in [-0.3, -0.25) is 9.59 Å². The monoisotopic (exact) mass is 385 g/mol. The van der Waals surface area contributed by atoms with Crippen molar-refractivity contribution in [3.05, 3.63) is 29.3 Å². The largest absolute Gasteiger partial charge is 0.497 e. The summed E-state index contributed by atoms with van der Waals surface area (Å²) in [5.41, 5.74) is 7.47. The van der Waals surface area contributed by atoms with Crippen LogP contribution in [0.4, 0.5) is 0 Å². The van der Waals surface area contributed by atoms with Crippen LogP contribution in [-0.4, -0.2) is 18.8 Å². The molecule has 2 saturated carbocycles. The number of hydrogen-bond donors (Lipinski definition) is 1. The van der Waals surface area contributed by atoms with E-state index in [1.165, 1.54) is 0 Å². The van der Waals surface area contributed by atoms with Crippen molar-refractivity contribution < 1.29 is 14.3 Å². The second-order valence-electron chi connectivity index (χ2n) is 10.1. The number of primary amides is 1. The molecule has 0 aliphatic heterocycles. The summed E-state index contributed by atoms with van der Waals surface area (Å²) in [6.07, 6.45) is 4.07. The molecule has 2 N–H and O–H groups in total. The molecule has 0 spiro atoms. The van der Waals surface area contributed by atoms with Crippen molar-refractivity contribution in [3.63, 3.8) is 0 Å². The Labute approximate surface area is 169 Å². The van der Waals surface area contributed by atoms with Gasteiger partial charge in [-0.15, -0.1) is 0 Å². The Morgan fingerprint density at radius 2 is 1.82 bits per heavy atom. The summed E-state index contributed by atoms with van der Waals surface area (Å²) < 4.78 is 5.40. The number of carbonyl (C=O) groups is 2. The topological polar surface area (TPSA) is 69.4 Å². The number of fused-ring (bicyclic) bond motifs is 1. The molecule has 5 atom stereocenters. The first kappa shape index (κ1) is 20.9. The van der Waals surface area contributed by atoms with Crippen molar-refractivity contribution in [1.82, 2.24) is 0 Å². The summed E-state index contributed by atoms with van der Waals surface area (Å²) >= 11 is 0. The number of aryl methyl sites for hydroxylation is 1. The highest BCUT2D eigenvalue weighted by molar-refractivity contribution is 5.99. The zero-order chi connectivity index (χ0) is 20.9. The quantitative estimate of drug-likeness (QED) is 0.759. The number of amides is 1. The summed E-state index contributed by atoms with van der Waals surface area (Å²) in [6, 6.07) is 5.71. The first-order valence-electron chi connectivity index (χ1n) is 10.5. The van der Waals surface area contributed by atoms with Crippen molar-refractivity contribution in [2.45, 2.75) is 60.3 Å². The number of ether oxygens (including phenoxy) is 1. The number of hydrogen-bond acceptors (Lipinski definition) is 3. The molecule has 0 heterocycles. The van der Waals surface area contributed by atoms with E-state index in [2.05, 4.69) is 20.8 Å². The Hall–Kier alpha value is -1.84. The summed E-state index contributed by atoms with van der Waals surface area (Å²) in [6.45, 7) is 10.9. The van der Waals surface area contributed by atoms with Crippen LogP contribution in [0, 0.1) is 41.4 Å². The SMILES string of the molecule is COc1cc(C)cc(C(=O)C2[C@H](C)C(C(N)=O)CC3C(C)(C)CCCC23C)c1. The molecule has 0 aromatic heterocycles. The minimum Gasteiger partial charge on any atom is -0.497 e. The highest BCUT2D eigenvalue weighted by atomic mass is 16.5. The van der Waals surface area contributed by atoms with E-state index in [0.29, 0.717) is 17.2 Å². The molecule has 2 aliphatic carbocycles. The summed E-state index contributed by atoms with van der Waals surface area (Å²) in [5, 5.41) is 0. The van der Waals surface area contributed by atoms with E-state index in [9.17, 15) is 9.59 Å². The van der Waals surface area contributed by atoms with Gasteiger partial charge in [0.1, 0.15) is 5.75 Å². The fraction of sp³-hybridized carbons (Fsp3) is 0.667. The lowest BCUT2D eigenvalue weighted by Crippen LogP contribution is -2.57. The van der Waals surface area contributed by atoms with Gasteiger partial charge in [-0.2, -0.15) is 0 Å². The Morgan fingerprint density at radius 1 is 1.14 bits per heavy atom. The molecule has 0 bridgehead atoms. The van der Waals surface area contributed by atoms with E-state index < -0.39 is 0 Å². The fourth-order valence-electron chi connectivity index (χ4n) is 6.53. The van der Waals surface area contributed by atoms with Crippen LogP contribution < -0.4 is 10.5 Å². The Bertz CT molecular complexity index is 784. The van der Waals surface area contributed by atoms with Crippen molar-refractivity contribution in [2.75, 3.05) is 7.11 Å². The third kappa shape index (κ3) is 3.35. The highest BCUT2D eigenvalue weighted by Gasteiger charge is 2.59. The summed E-state index contributed by atoms with van der Waals surface area (Å²) in [5.74, 6) is 0.339. The maximum Gasteiger partial charge on any atom is 0.220 e. The van der Waals surface area contributed by atoms with E-state index in [0.717, 1.165) is 31.2 Å². The van der Waals surface area contributed by atoms with Crippen molar-refractivity contribution in [1.29, 1.82) is 0 Å². The van der Waals surface area contributed by atoms with Gasteiger partial charge in [0, 0.05) is 17.4 Å². The van der Waals surface area contributed by atoms with Crippen LogP contribution in [0.2, 0.25) is 0 Å². The van der Waals surface area contributed by atoms with Gasteiger partial charge < -0.3 is 10.5 Å². The Kier molecular flexibility index (Phi) is 5.37. The van der Waals surface area contributed by atoms with E-state index >= 15 is 0 Å². The number of benzene rings is 1. The number of carbonyl (C=O) groups excluding carboxylic acids is 2. The molecule has 4 nitrogen and oxygen atoms in total. The van der Waals surface area contributed by atoms with Gasteiger partial charge in [0.15, 0.2) is 5.78 Å². The third-order valence-electron chi connectivity index (χ3n) is 7.86. The van der Waals surface area contributed by atoms with Gasteiger partial charge in [0.25, 0.3) is 0 Å². The molecule has 1 amide bonds. The van der Waals surface area contributed by atoms with Gasteiger partial charge in [-0.1, -0.05) is 34.1 Å². The zero-order valence-electron chi connectivity index (χ0n) is 18.2. The molecule has 1 aromatic rings. The highest BCUT2D eigenvalue weighted by Crippen LogP contribution is 2.62. The molecule has 0 radical (unpaired) electrons. The number of rotatable bonds is 4. The zero-order valence-corrected chi connectivity index (χ0v) is 18.2. The second-order valence-corrected chi connectivity index (χ2v) is 10.1. The van der Waals surface area contributed by atoms with Gasteiger partial charge in [-0.25, -0.2) is 0 Å². The minimum absolute atomic E-state index is 0.0633. The lowest BCUT2D eigenvalue weighted by molar-refractivity contribution is -0.138. The van der Waals surface area contributed by atoms with Crippen LogP contribution in [0.1, 0.15) is 69.3 Å². The van der Waals surface area contributed by atoms with E-state index in [1.54, 1.807) is 7.11 Å². The lowest BCUT2D eigenvalue weighted by atomic mass is 9.44. The van der Waals surface area contributed by atoms with E-state index in [1.807, 2.05) is 32.0 Å². The number of methoxy groups -OCH3 is 1. The number of nitrogens with two attached hydrogens (primary N) is 1. The first-order chi connectivity index (χ1) is 13.0. The molecule has 154 valence electrons. The van der Waals surface area contributed by atoms with E-state index in [-0.39, 0.29) is 40.3 Å². The number of ketones is 1. The van der Waals surface area contributed by atoms with Crippen LogP contribution in [0.3, 0.4) is 0 Å². The van der Waals surface area contributed by atoms with Crippen molar-refractivity contribution >= 4 is 11.7 Å². The smallest absolute Gasteiger partial charge is 0.220 e. The molecule has 2 fully saturated rings. The van der Waals surface area contributed by atoms with Gasteiger partial charge in [0.2, 0.25) is 5.91 Å². The van der Waals surface area contributed by atoms with Crippen LogP contribution in [-0.2, 0) is 4.79 Å². The third-order valence-corrected chi connectivity index (χ3v) is 7.86. The molecule has 2 aliphatic rings. The molecule has 28 heavy (non-hydrogen) atoms. The Balaban J connectivity index is 2.10. The molecular formula is C24H35NO3. The van der Waals surface area contributed by atoms with Crippen LogP contribution >= 0.6 is 0 Å². The fourth-order valence-corrected chi connectivity index (χ4v) is 6.53. The Morgan fingerprint density at radius 3 is 2.43 bits per heavy atom. The van der Waals surface area contributed by atoms with Crippen molar-refractivity contribution in [2.24, 2.45) is 40.2 Å². The van der Waals surface area contributed by atoms with E-state index in [4.69, 9.17) is 10.5 Å². The predicted octanol–water partition coefficient (Wildman–Crippen LogP) is 4.78.